The highest BCUT2D eigenvalue weighted by Gasteiger charge is 2.05. The average molecular weight is 269 g/mol. The van der Waals surface area contributed by atoms with Gasteiger partial charge in [-0.05, 0) is 29.6 Å². The molecular weight excluding hydrogens is 260 g/mol. The van der Waals surface area contributed by atoms with E-state index in [2.05, 4.69) is 6.07 Å². The van der Waals surface area contributed by atoms with Gasteiger partial charge in [0, 0.05) is 10.5 Å². The van der Waals surface area contributed by atoms with Crippen molar-refractivity contribution < 1.29 is 0 Å². The van der Waals surface area contributed by atoms with Gasteiger partial charge >= 0.3 is 0 Å². The molecule has 0 amide bonds. The molecule has 1 heterocycles. The molecule has 2 rings (SSSR count). The first-order chi connectivity index (χ1) is 7.66. The van der Waals surface area contributed by atoms with E-state index < -0.39 is 0 Å². The van der Waals surface area contributed by atoms with Crippen LogP contribution in [0.4, 0.5) is 0 Å². The minimum absolute atomic E-state index is 0.00215. The van der Waals surface area contributed by atoms with Crippen LogP contribution in [-0.2, 0) is 0 Å². The topological polar surface area (TPSA) is 49.9 Å². The maximum absolute atomic E-state index is 7.33. The van der Waals surface area contributed by atoms with Crippen molar-refractivity contribution in [1.29, 1.82) is 5.41 Å². The van der Waals surface area contributed by atoms with Crippen molar-refractivity contribution in [2.75, 3.05) is 0 Å². The zero-order valence-electron chi connectivity index (χ0n) is 8.24. The van der Waals surface area contributed by atoms with Gasteiger partial charge in [0.2, 0.25) is 0 Å². The number of hydrogen-bond acceptors (Lipinski definition) is 3. The zero-order chi connectivity index (χ0) is 11.5. The Kier molecular flexibility index (Phi) is 3.53. The van der Waals surface area contributed by atoms with Crippen LogP contribution in [0.1, 0.15) is 5.56 Å². The van der Waals surface area contributed by atoms with Crippen LogP contribution in [0.5, 0.6) is 0 Å². The van der Waals surface area contributed by atoms with E-state index in [9.17, 15) is 0 Å². The van der Waals surface area contributed by atoms with Gasteiger partial charge in [-0.25, -0.2) is 0 Å². The fraction of sp³-hybridized carbons (Fsp3) is 0. The molecule has 0 spiro atoms. The highest BCUT2D eigenvalue weighted by atomic mass is 35.5. The predicted octanol–water partition coefficient (Wildman–Crippen LogP) is 3.84. The molecule has 0 aliphatic carbocycles. The van der Waals surface area contributed by atoms with Gasteiger partial charge in [0.1, 0.15) is 5.84 Å². The summed E-state index contributed by atoms with van der Waals surface area (Å²) in [5.74, 6) is -0.00215. The number of hydrogen-bond donors (Lipinski definition) is 2. The van der Waals surface area contributed by atoms with Crippen LogP contribution >= 0.6 is 34.7 Å². The molecule has 3 N–H and O–H groups in total. The molecule has 0 unspecified atom stereocenters. The third-order valence-electron chi connectivity index (χ3n) is 1.94. The van der Waals surface area contributed by atoms with Crippen molar-refractivity contribution in [2.45, 2.75) is 9.10 Å². The molecular formula is C11H9ClN2S2. The van der Waals surface area contributed by atoms with Gasteiger partial charge in [0.25, 0.3) is 0 Å². The lowest BCUT2D eigenvalue weighted by molar-refractivity contribution is 1.38. The van der Waals surface area contributed by atoms with E-state index in [-0.39, 0.29) is 5.84 Å². The molecule has 5 heteroatoms. The highest BCUT2D eigenvalue weighted by molar-refractivity contribution is 8.01. The lowest BCUT2D eigenvalue weighted by Crippen LogP contribution is -2.11. The number of amidine groups is 1. The first kappa shape index (κ1) is 11.5. The second kappa shape index (κ2) is 4.91. The molecule has 0 radical (unpaired) electrons. The molecule has 1 aromatic heterocycles. The quantitative estimate of drug-likeness (QED) is 0.656. The van der Waals surface area contributed by atoms with Gasteiger partial charge in [0.05, 0.1) is 9.23 Å². The van der Waals surface area contributed by atoms with Gasteiger partial charge in [-0.3, -0.25) is 5.41 Å². The third-order valence-corrected chi connectivity index (χ3v) is 4.28. The van der Waals surface area contributed by atoms with Crippen LogP contribution in [0.2, 0.25) is 5.02 Å². The fourth-order valence-corrected chi connectivity index (χ4v) is 3.35. The van der Waals surface area contributed by atoms with Crippen molar-refractivity contribution in [3.05, 3.63) is 46.3 Å². The van der Waals surface area contributed by atoms with Crippen LogP contribution in [0.15, 0.2) is 44.8 Å². The molecule has 0 atom stereocenters. The summed E-state index contributed by atoms with van der Waals surface area (Å²) in [7, 11) is 0. The summed E-state index contributed by atoms with van der Waals surface area (Å²) in [6.45, 7) is 0. The van der Waals surface area contributed by atoms with Gasteiger partial charge in [-0.15, -0.1) is 11.3 Å². The number of benzene rings is 1. The van der Waals surface area contributed by atoms with Gasteiger partial charge in [-0.2, -0.15) is 0 Å². The first-order valence-electron chi connectivity index (χ1n) is 4.52. The van der Waals surface area contributed by atoms with E-state index in [0.717, 1.165) is 4.90 Å². The predicted molar refractivity (Wildman–Crippen MR) is 70.9 cm³/mol. The standard InChI is InChI=1S/C11H9ClN2S2/c12-9-6-7(3-4-8(9)11(13)14)16-10-2-1-5-15-10/h1-6H,(H3,13,14). The summed E-state index contributed by atoms with van der Waals surface area (Å²) in [4.78, 5) is 1.05. The second-order valence-corrected chi connectivity index (χ2v) is 5.82. The largest absolute Gasteiger partial charge is 0.384 e. The molecule has 1 aromatic carbocycles. The van der Waals surface area contributed by atoms with Crippen LogP contribution in [-0.4, -0.2) is 5.84 Å². The van der Waals surface area contributed by atoms with E-state index in [0.29, 0.717) is 10.6 Å². The summed E-state index contributed by atoms with van der Waals surface area (Å²) in [6.07, 6.45) is 0. The molecule has 2 nitrogen and oxygen atoms in total. The van der Waals surface area contributed by atoms with Crippen LogP contribution in [0.25, 0.3) is 0 Å². The summed E-state index contributed by atoms with van der Waals surface area (Å²) in [6, 6.07) is 9.61. The lowest BCUT2D eigenvalue weighted by Gasteiger charge is -2.04. The summed E-state index contributed by atoms with van der Waals surface area (Å²) < 4.78 is 1.21. The Balaban J connectivity index is 2.24. The number of nitrogens with one attached hydrogen (secondary N) is 1. The monoisotopic (exact) mass is 268 g/mol. The molecule has 16 heavy (non-hydrogen) atoms. The van der Waals surface area contributed by atoms with E-state index in [1.165, 1.54) is 4.21 Å². The Bertz CT molecular complexity index is 509. The number of nitrogen functional groups attached to an aromatic ring is 1. The molecule has 0 fully saturated rings. The Morgan fingerprint density at radius 1 is 1.38 bits per heavy atom. The normalized spacial score (nSPS) is 10.3. The van der Waals surface area contributed by atoms with Crippen molar-refractivity contribution in [1.82, 2.24) is 0 Å². The number of thiophene rings is 1. The van der Waals surface area contributed by atoms with E-state index in [4.69, 9.17) is 22.7 Å². The molecule has 0 aliphatic rings. The molecule has 0 saturated carbocycles. The van der Waals surface area contributed by atoms with Crippen molar-refractivity contribution >= 4 is 40.5 Å². The molecule has 0 saturated heterocycles. The van der Waals surface area contributed by atoms with E-state index >= 15 is 0 Å². The SMILES string of the molecule is N=C(N)c1ccc(Sc2cccs2)cc1Cl. The highest BCUT2D eigenvalue weighted by Crippen LogP contribution is 2.33. The summed E-state index contributed by atoms with van der Waals surface area (Å²) in [5.41, 5.74) is 5.98. The van der Waals surface area contributed by atoms with Crippen molar-refractivity contribution in [2.24, 2.45) is 5.73 Å². The molecule has 0 bridgehead atoms. The van der Waals surface area contributed by atoms with Crippen LogP contribution < -0.4 is 5.73 Å². The maximum atomic E-state index is 7.33. The van der Waals surface area contributed by atoms with Crippen molar-refractivity contribution in [3.63, 3.8) is 0 Å². The van der Waals surface area contributed by atoms with Gasteiger partial charge in [0.15, 0.2) is 0 Å². The Morgan fingerprint density at radius 3 is 2.75 bits per heavy atom. The molecule has 2 aromatic rings. The Labute approximate surface area is 107 Å². The van der Waals surface area contributed by atoms with E-state index in [1.807, 2.05) is 23.6 Å². The molecule has 82 valence electrons. The van der Waals surface area contributed by atoms with Crippen molar-refractivity contribution in [3.8, 4) is 0 Å². The maximum Gasteiger partial charge on any atom is 0.124 e. The zero-order valence-corrected chi connectivity index (χ0v) is 10.6. The average Bonchev–Trinajstić information content (AvgIpc) is 2.70. The van der Waals surface area contributed by atoms with Gasteiger partial charge in [-0.1, -0.05) is 29.4 Å². The third kappa shape index (κ3) is 2.58. The fourth-order valence-electron chi connectivity index (χ4n) is 1.22. The Hall–Kier alpha value is -0.970. The van der Waals surface area contributed by atoms with Crippen LogP contribution in [0.3, 0.4) is 0 Å². The minimum atomic E-state index is -0.00215. The van der Waals surface area contributed by atoms with E-state index in [1.54, 1.807) is 29.2 Å². The minimum Gasteiger partial charge on any atom is -0.384 e. The number of halogens is 1. The molecule has 0 aliphatic heterocycles. The smallest absolute Gasteiger partial charge is 0.124 e. The lowest BCUT2D eigenvalue weighted by atomic mass is 10.2. The summed E-state index contributed by atoms with van der Waals surface area (Å²) in [5, 5.41) is 9.89. The van der Waals surface area contributed by atoms with Gasteiger partial charge < -0.3 is 5.73 Å². The number of rotatable bonds is 3. The Morgan fingerprint density at radius 2 is 2.19 bits per heavy atom. The second-order valence-electron chi connectivity index (χ2n) is 3.09. The first-order valence-corrected chi connectivity index (χ1v) is 6.59. The van der Waals surface area contributed by atoms with Crippen LogP contribution in [0, 0.1) is 5.41 Å². The summed E-state index contributed by atoms with van der Waals surface area (Å²) >= 11 is 9.37. The number of nitrogens with two attached hydrogens (primary N) is 1.